The van der Waals surface area contributed by atoms with Gasteiger partial charge in [-0.05, 0) is 0 Å². The Morgan fingerprint density at radius 1 is 1.39 bits per heavy atom. The van der Waals surface area contributed by atoms with Gasteiger partial charge < -0.3 is 24.2 Å². The maximum absolute atomic E-state index is 9.12. The molecule has 1 aliphatic rings. The third-order valence-electron chi connectivity index (χ3n) is 2.71. The van der Waals surface area contributed by atoms with Crippen molar-refractivity contribution in [3.05, 3.63) is 6.07 Å². The number of aliphatic hydroxyl groups is 1. The van der Waals surface area contributed by atoms with Crippen LogP contribution >= 0.6 is 0 Å². The quantitative estimate of drug-likeness (QED) is 0.790. The third kappa shape index (κ3) is 2.80. The second-order valence-corrected chi connectivity index (χ2v) is 3.87. The lowest BCUT2D eigenvalue weighted by Crippen LogP contribution is -2.44. The highest BCUT2D eigenvalue weighted by Gasteiger charge is 2.22. The molecule has 1 saturated heterocycles. The van der Waals surface area contributed by atoms with Gasteiger partial charge in [0.25, 0.3) is 0 Å². The van der Waals surface area contributed by atoms with E-state index in [-0.39, 0.29) is 12.7 Å². The molecule has 0 spiro atoms. The van der Waals surface area contributed by atoms with Gasteiger partial charge in [-0.15, -0.1) is 0 Å². The van der Waals surface area contributed by atoms with Gasteiger partial charge in [-0.25, -0.2) is 0 Å². The van der Waals surface area contributed by atoms with Crippen molar-refractivity contribution in [1.29, 1.82) is 0 Å². The summed E-state index contributed by atoms with van der Waals surface area (Å²) in [5.41, 5.74) is 0. The molecule has 18 heavy (non-hydrogen) atoms. The van der Waals surface area contributed by atoms with Gasteiger partial charge in [0.15, 0.2) is 0 Å². The van der Waals surface area contributed by atoms with Crippen LogP contribution in [0.2, 0.25) is 0 Å². The lowest BCUT2D eigenvalue weighted by Gasteiger charge is -2.32. The molecule has 7 nitrogen and oxygen atoms in total. The van der Waals surface area contributed by atoms with Gasteiger partial charge >= 0.3 is 0 Å². The van der Waals surface area contributed by atoms with Crippen LogP contribution in [0, 0.1) is 0 Å². The van der Waals surface area contributed by atoms with Crippen molar-refractivity contribution in [3.63, 3.8) is 0 Å². The molecule has 1 fully saturated rings. The Morgan fingerprint density at radius 2 is 2.06 bits per heavy atom. The SMILES string of the molecule is COc1cc(OC)nc(N2CCOC(CO)C2)n1. The summed E-state index contributed by atoms with van der Waals surface area (Å²) >= 11 is 0. The van der Waals surface area contributed by atoms with Gasteiger partial charge in [0.2, 0.25) is 17.7 Å². The van der Waals surface area contributed by atoms with Crippen LogP contribution in [-0.4, -0.2) is 61.7 Å². The summed E-state index contributed by atoms with van der Waals surface area (Å²) in [6.45, 7) is 1.74. The summed E-state index contributed by atoms with van der Waals surface area (Å²) in [5, 5.41) is 9.12. The van der Waals surface area contributed by atoms with E-state index in [1.807, 2.05) is 4.90 Å². The Kier molecular flexibility index (Phi) is 4.16. The first-order valence-electron chi connectivity index (χ1n) is 5.71. The summed E-state index contributed by atoms with van der Waals surface area (Å²) in [6.07, 6.45) is -0.209. The first-order valence-corrected chi connectivity index (χ1v) is 5.71. The van der Waals surface area contributed by atoms with Crippen LogP contribution in [0.15, 0.2) is 6.07 Å². The zero-order valence-corrected chi connectivity index (χ0v) is 10.5. The second kappa shape index (κ2) is 5.83. The minimum Gasteiger partial charge on any atom is -0.481 e. The van der Waals surface area contributed by atoms with Crippen molar-refractivity contribution in [2.75, 3.05) is 45.4 Å². The zero-order valence-electron chi connectivity index (χ0n) is 10.5. The summed E-state index contributed by atoms with van der Waals surface area (Å²) < 4.78 is 15.6. The first-order chi connectivity index (χ1) is 8.76. The van der Waals surface area contributed by atoms with Gasteiger partial charge in [-0.3, -0.25) is 0 Å². The van der Waals surface area contributed by atoms with E-state index >= 15 is 0 Å². The second-order valence-electron chi connectivity index (χ2n) is 3.87. The van der Waals surface area contributed by atoms with E-state index < -0.39 is 0 Å². The predicted octanol–water partition coefficient (Wildman–Crippen LogP) is -0.309. The highest BCUT2D eigenvalue weighted by Crippen LogP contribution is 2.21. The van der Waals surface area contributed by atoms with Crippen LogP contribution in [0.5, 0.6) is 11.8 Å². The van der Waals surface area contributed by atoms with Gasteiger partial charge in [-0.1, -0.05) is 0 Å². The summed E-state index contributed by atoms with van der Waals surface area (Å²) in [4.78, 5) is 10.5. The molecule has 1 unspecified atom stereocenters. The number of ether oxygens (including phenoxy) is 3. The number of aromatic nitrogens is 2. The number of anilines is 1. The number of rotatable bonds is 4. The van der Waals surface area contributed by atoms with Crippen molar-refractivity contribution >= 4 is 5.95 Å². The van der Waals surface area contributed by atoms with E-state index in [0.717, 1.165) is 0 Å². The minimum atomic E-state index is -0.209. The maximum atomic E-state index is 9.12. The van der Waals surface area contributed by atoms with Crippen molar-refractivity contribution < 1.29 is 19.3 Å². The molecule has 100 valence electrons. The number of hydrogen-bond acceptors (Lipinski definition) is 7. The zero-order chi connectivity index (χ0) is 13.0. The van der Waals surface area contributed by atoms with Crippen LogP contribution < -0.4 is 14.4 Å². The van der Waals surface area contributed by atoms with E-state index in [1.54, 1.807) is 20.3 Å². The van der Waals surface area contributed by atoms with Crippen LogP contribution in [0.1, 0.15) is 0 Å². The number of hydrogen-bond donors (Lipinski definition) is 1. The van der Waals surface area contributed by atoms with Crippen LogP contribution in [0.4, 0.5) is 5.95 Å². The fourth-order valence-electron chi connectivity index (χ4n) is 1.75. The van der Waals surface area contributed by atoms with E-state index in [2.05, 4.69) is 9.97 Å². The van der Waals surface area contributed by atoms with Gasteiger partial charge in [0.1, 0.15) is 0 Å². The molecule has 1 N–H and O–H groups in total. The van der Waals surface area contributed by atoms with E-state index in [9.17, 15) is 0 Å². The van der Waals surface area contributed by atoms with Crippen LogP contribution in [0.25, 0.3) is 0 Å². The van der Waals surface area contributed by atoms with Crippen molar-refractivity contribution in [2.24, 2.45) is 0 Å². The lowest BCUT2D eigenvalue weighted by atomic mass is 10.3. The molecule has 1 aliphatic heterocycles. The van der Waals surface area contributed by atoms with Crippen LogP contribution in [-0.2, 0) is 4.74 Å². The molecular weight excluding hydrogens is 238 g/mol. The summed E-state index contributed by atoms with van der Waals surface area (Å²) in [6, 6.07) is 1.62. The Balaban J connectivity index is 2.20. The monoisotopic (exact) mass is 255 g/mol. The van der Waals surface area contributed by atoms with Gasteiger partial charge in [0.05, 0.1) is 39.6 Å². The largest absolute Gasteiger partial charge is 0.481 e. The highest BCUT2D eigenvalue weighted by molar-refractivity contribution is 5.37. The maximum Gasteiger partial charge on any atom is 0.232 e. The highest BCUT2D eigenvalue weighted by atomic mass is 16.5. The fourth-order valence-corrected chi connectivity index (χ4v) is 1.75. The lowest BCUT2D eigenvalue weighted by molar-refractivity contribution is 0.00309. The number of aliphatic hydroxyl groups excluding tert-OH is 1. The number of morpholine rings is 1. The molecule has 1 atom stereocenters. The Hall–Kier alpha value is -1.60. The van der Waals surface area contributed by atoms with Gasteiger partial charge in [0, 0.05) is 13.1 Å². The molecule has 1 aromatic heterocycles. The topological polar surface area (TPSA) is 76.9 Å². The molecule has 7 heteroatoms. The molecular formula is C11H17N3O4. The standard InChI is InChI=1S/C11H17N3O4/c1-16-9-5-10(17-2)13-11(12-9)14-3-4-18-8(6-14)7-15/h5,8,15H,3-4,6-7H2,1-2H3. The molecule has 0 saturated carbocycles. The van der Waals surface area contributed by atoms with E-state index in [0.29, 0.717) is 37.4 Å². The smallest absolute Gasteiger partial charge is 0.232 e. The number of methoxy groups -OCH3 is 2. The fraction of sp³-hybridized carbons (Fsp3) is 0.636. The normalized spacial score (nSPS) is 19.7. The molecule has 2 rings (SSSR count). The average molecular weight is 255 g/mol. The summed E-state index contributed by atoms with van der Waals surface area (Å²) in [7, 11) is 3.09. The van der Waals surface area contributed by atoms with Crippen molar-refractivity contribution in [2.45, 2.75) is 6.10 Å². The van der Waals surface area contributed by atoms with E-state index in [4.69, 9.17) is 19.3 Å². The Bertz CT molecular complexity index is 380. The molecule has 1 aromatic rings. The summed E-state index contributed by atoms with van der Waals surface area (Å²) in [5.74, 6) is 1.42. The van der Waals surface area contributed by atoms with E-state index in [1.165, 1.54) is 0 Å². The molecule has 0 aliphatic carbocycles. The number of nitrogens with zero attached hydrogens (tertiary/aromatic N) is 3. The average Bonchev–Trinajstić information content (AvgIpc) is 2.46. The van der Waals surface area contributed by atoms with Crippen LogP contribution in [0.3, 0.4) is 0 Å². The molecule has 2 heterocycles. The Labute approximate surface area is 105 Å². The third-order valence-corrected chi connectivity index (χ3v) is 2.71. The molecule has 0 radical (unpaired) electrons. The molecule has 0 bridgehead atoms. The molecule has 0 aromatic carbocycles. The van der Waals surface area contributed by atoms with Gasteiger partial charge in [-0.2, -0.15) is 9.97 Å². The van der Waals surface area contributed by atoms with Crippen molar-refractivity contribution in [1.82, 2.24) is 9.97 Å². The Morgan fingerprint density at radius 3 is 2.61 bits per heavy atom. The minimum absolute atomic E-state index is 0.0163. The predicted molar refractivity (Wildman–Crippen MR) is 64.2 cm³/mol. The first kappa shape index (κ1) is 12.8. The molecule has 0 amide bonds. The van der Waals surface area contributed by atoms with Crippen molar-refractivity contribution in [3.8, 4) is 11.8 Å².